The van der Waals surface area contributed by atoms with Crippen molar-refractivity contribution in [2.45, 2.75) is 32.2 Å². The van der Waals surface area contributed by atoms with Crippen molar-refractivity contribution in [3.05, 3.63) is 34.3 Å². The molecule has 1 heterocycles. The van der Waals surface area contributed by atoms with Gasteiger partial charge in [-0.2, -0.15) is 4.99 Å². The second-order valence-electron chi connectivity index (χ2n) is 5.95. The average molecular weight is 292 g/mol. The summed E-state index contributed by atoms with van der Waals surface area (Å²) in [5, 5.41) is 0.719. The van der Waals surface area contributed by atoms with Gasteiger partial charge in [-0.15, -0.1) is 0 Å². The van der Waals surface area contributed by atoms with Crippen LogP contribution >= 0.6 is 11.6 Å². The molecule has 20 heavy (non-hydrogen) atoms. The molecule has 1 aromatic carbocycles. The molecule has 0 saturated heterocycles. The summed E-state index contributed by atoms with van der Waals surface area (Å²) < 4.78 is 0. The summed E-state index contributed by atoms with van der Waals surface area (Å²) in [5.41, 5.74) is 7.83. The fourth-order valence-electron chi connectivity index (χ4n) is 3.33. The molecule has 2 N–H and O–H groups in total. The van der Waals surface area contributed by atoms with Gasteiger partial charge in [0.15, 0.2) is 0 Å². The lowest BCUT2D eigenvalue weighted by Crippen LogP contribution is -2.51. The first-order valence-corrected chi connectivity index (χ1v) is 7.28. The van der Waals surface area contributed by atoms with Gasteiger partial charge < -0.3 is 10.6 Å². The summed E-state index contributed by atoms with van der Waals surface area (Å²) >= 11 is 6.06. The summed E-state index contributed by atoms with van der Waals surface area (Å²) in [6, 6.07) is 5.59. The Hall–Kier alpha value is -1.55. The summed E-state index contributed by atoms with van der Waals surface area (Å²) in [4.78, 5) is 18.0. The highest BCUT2D eigenvalue weighted by Gasteiger charge is 2.53. The molecule has 0 radical (unpaired) electrons. The topological polar surface area (TPSA) is 58.7 Å². The van der Waals surface area contributed by atoms with E-state index >= 15 is 0 Å². The molecule has 1 atom stereocenters. The normalized spacial score (nSPS) is 24.7. The van der Waals surface area contributed by atoms with Crippen molar-refractivity contribution in [1.29, 1.82) is 0 Å². The molecule has 3 rings (SSSR count). The number of carbonyl (C=O) groups is 1. The van der Waals surface area contributed by atoms with Gasteiger partial charge in [-0.05, 0) is 42.0 Å². The lowest BCUT2D eigenvalue weighted by atomic mass is 9.89. The molecular weight excluding hydrogens is 274 g/mol. The molecule has 4 nitrogen and oxygen atoms in total. The minimum atomic E-state index is -0.554. The molecule has 1 spiro atoms. The van der Waals surface area contributed by atoms with Crippen LogP contribution in [-0.4, -0.2) is 23.3 Å². The van der Waals surface area contributed by atoms with Gasteiger partial charge in [0.2, 0.25) is 0 Å². The van der Waals surface area contributed by atoms with Crippen LogP contribution in [0.4, 0.5) is 4.79 Å². The van der Waals surface area contributed by atoms with E-state index in [4.69, 9.17) is 17.3 Å². The molecule has 2 amide bonds. The largest absolute Gasteiger partial charge is 0.385 e. The zero-order chi connectivity index (χ0) is 14.5. The quantitative estimate of drug-likeness (QED) is 0.911. The average Bonchev–Trinajstić information content (AvgIpc) is 2.84. The number of benzene rings is 1. The Bertz CT molecular complexity index is 611. The SMILES string of the molecule is CC(C)CN1C(=O)N=C(N)C12CCc1cc(Cl)ccc12. The monoisotopic (exact) mass is 291 g/mol. The van der Waals surface area contributed by atoms with E-state index in [9.17, 15) is 4.79 Å². The van der Waals surface area contributed by atoms with Crippen LogP contribution in [0.25, 0.3) is 0 Å². The third-order valence-electron chi connectivity index (χ3n) is 4.15. The number of nitrogens with zero attached hydrogens (tertiary/aromatic N) is 2. The highest BCUT2D eigenvalue weighted by Crippen LogP contribution is 2.45. The van der Waals surface area contributed by atoms with E-state index < -0.39 is 5.54 Å². The molecule has 1 aliphatic heterocycles. The van der Waals surface area contributed by atoms with Crippen LogP contribution in [0.15, 0.2) is 23.2 Å². The van der Waals surface area contributed by atoms with Crippen LogP contribution < -0.4 is 5.73 Å². The van der Waals surface area contributed by atoms with E-state index in [-0.39, 0.29) is 6.03 Å². The molecule has 1 aliphatic carbocycles. The number of amides is 2. The molecule has 0 fully saturated rings. The Morgan fingerprint density at radius 2 is 2.25 bits per heavy atom. The maximum atomic E-state index is 12.2. The van der Waals surface area contributed by atoms with Gasteiger partial charge in [-0.3, -0.25) is 0 Å². The maximum absolute atomic E-state index is 12.2. The first-order chi connectivity index (χ1) is 9.45. The third-order valence-corrected chi connectivity index (χ3v) is 4.38. The maximum Gasteiger partial charge on any atom is 0.346 e. The van der Waals surface area contributed by atoms with Crippen molar-refractivity contribution in [1.82, 2.24) is 4.90 Å². The van der Waals surface area contributed by atoms with Crippen molar-refractivity contribution >= 4 is 23.5 Å². The predicted molar refractivity (Wildman–Crippen MR) is 80.0 cm³/mol. The Balaban J connectivity index is 2.12. The number of amidine groups is 1. The summed E-state index contributed by atoms with van der Waals surface area (Å²) in [7, 11) is 0. The highest BCUT2D eigenvalue weighted by atomic mass is 35.5. The number of halogens is 1. The van der Waals surface area contributed by atoms with E-state index in [2.05, 4.69) is 18.8 Å². The number of carbonyl (C=O) groups excluding carboxylic acids is 1. The fourth-order valence-corrected chi connectivity index (χ4v) is 3.52. The smallest absolute Gasteiger partial charge is 0.346 e. The van der Waals surface area contributed by atoms with Crippen molar-refractivity contribution in [3.63, 3.8) is 0 Å². The molecule has 0 aromatic heterocycles. The fraction of sp³-hybridized carbons (Fsp3) is 0.467. The van der Waals surface area contributed by atoms with Crippen LogP contribution in [0.1, 0.15) is 31.4 Å². The molecule has 0 bridgehead atoms. The van der Waals surface area contributed by atoms with Crippen LogP contribution in [0.2, 0.25) is 5.02 Å². The minimum Gasteiger partial charge on any atom is -0.385 e. The summed E-state index contributed by atoms with van der Waals surface area (Å²) in [5.74, 6) is 0.789. The molecule has 0 saturated carbocycles. The van der Waals surface area contributed by atoms with E-state index in [1.807, 2.05) is 23.1 Å². The Morgan fingerprint density at radius 3 is 2.95 bits per heavy atom. The van der Waals surface area contributed by atoms with Gasteiger partial charge in [-0.25, -0.2) is 4.79 Å². The van der Waals surface area contributed by atoms with E-state index in [0.29, 0.717) is 18.3 Å². The van der Waals surface area contributed by atoms with Crippen LogP contribution in [-0.2, 0) is 12.0 Å². The second kappa shape index (κ2) is 4.48. The predicted octanol–water partition coefficient (Wildman–Crippen LogP) is 2.93. The number of aryl methyl sites for hydroxylation is 1. The molecule has 2 aliphatic rings. The van der Waals surface area contributed by atoms with Crippen LogP contribution in [0.5, 0.6) is 0 Å². The second-order valence-corrected chi connectivity index (χ2v) is 6.38. The third kappa shape index (κ3) is 1.74. The number of rotatable bonds is 2. The summed E-state index contributed by atoms with van der Waals surface area (Å²) in [6.45, 7) is 4.84. The lowest BCUT2D eigenvalue weighted by molar-refractivity contribution is 0.159. The number of urea groups is 1. The van der Waals surface area contributed by atoms with E-state index in [1.165, 1.54) is 5.56 Å². The molecule has 106 valence electrons. The number of aliphatic imine (C=N–C) groups is 1. The van der Waals surface area contributed by atoms with Crippen molar-refractivity contribution in [2.75, 3.05) is 6.54 Å². The number of hydrogen-bond donors (Lipinski definition) is 1. The Labute approximate surface area is 123 Å². The van der Waals surface area contributed by atoms with Gasteiger partial charge in [0.05, 0.1) is 0 Å². The van der Waals surface area contributed by atoms with Crippen molar-refractivity contribution in [2.24, 2.45) is 16.6 Å². The number of fused-ring (bicyclic) bond motifs is 2. The van der Waals surface area contributed by atoms with Gasteiger partial charge in [0.25, 0.3) is 0 Å². The molecule has 1 unspecified atom stereocenters. The first-order valence-electron chi connectivity index (χ1n) is 6.90. The van der Waals surface area contributed by atoms with Crippen molar-refractivity contribution in [3.8, 4) is 0 Å². The van der Waals surface area contributed by atoms with Gasteiger partial charge in [0, 0.05) is 11.6 Å². The van der Waals surface area contributed by atoms with Gasteiger partial charge >= 0.3 is 6.03 Å². The van der Waals surface area contributed by atoms with E-state index in [0.717, 1.165) is 23.4 Å². The molecule has 1 aromatic rings. The summed E-state index contributed by atoms with van der Waals surface area (Å²) in [6.07, 6.45) is 1.66. The molecular formula is C15H18ClN3O. The molecule has 5 heteroatoms. The highest BCUT2D eigenvalue weighted by molar-refractivity contribution is 6.30. The number of nitrogens with two attached hydrogens (primary N) is 1. The van der Waals surface area contributed by atoms with Crippen LogP contribution in [0.3, 0.4) is 0 Å². The lowest BCUT2D eigenvalue weighted by Gasteiger charge is -2.36. The zero-order valence-electron chi connectivity index (χ0n) is 11.7. The van der Waals surface area contributed by atoms with Gasteiger partial charge in [-0.1, -0.05) is 31.5 Å². The zero-order valence-corrected chi connectivity index (χ0v) is 12.4. The van der Waals surface area contributed by atoms with Gasteiger partial charge in [0.1, 0.15) is 11.4 Å². The number of hydrogen-bond acceptors (Lipinski definition) is 2. The standard InChI is InChI=1S/C15H18ClN3O/c1-9(2)8-19-14(20)18-13(17)15(19)6-5-10-7-11(16)3-4-12(10)15/h3-4,7,9H,5-6,8H2,1-2H3,(H2,17,18,20). The van der Waals surface area contributed by atoms with Crippen molar-refractivity contribution < 1.29 is 4.79 Å². The Kier molecular flexibility index (Phi) is 3.01. The van der Waals surface area contributed by atoms with Crippen LogP contribution in [0, 0.1) is 5.92 Å². The first kappa shape index (κ1) is 13.4. The Morgan fingerprint density at radius 1 is 1.50 bits per heavy atom. The van der Waals surface area contributed by atoms with E-state index in [1.54, 1.807) is 0 Å². The minimum absolute atomic E-state index is 0.223.